The molecule has 0 aromatic carbocycles. The lowest BCUT2D eigenvalue weighted by atomic mass is 9.55. The predicted octanol–water partition coefficient (Wildman–Crippen LogP) is 6.43. The summed E-state index contributed by atoms with van der Waals surface area (Å²) < 4.78 is 0. The fourth-order valence-electron chi connectivity index (χ4n) is 5.50. The Kier molecular flexibility index (Phi) is 3.42. The van der Waals surface area contributed by atoms with Crippen molar-refractivity contribution in [2.24, 2.45) is 16.7 Å². The summed E-state index contributed by atoms with van der Waals surface area (Å²) in [5.41, 5.74) is 8.09. The van der Waals surface area contributed by atoms with E-state index in [1.54, 1.807) is 11.1 Å². The number of fused-ring (bicyclic) bond motifs is 3. The quantitative estimate of drug-likeness (QED) is 0.446. The fraction of sp³-hybridized carbons (Fsp3) is 0.800. The monoisotopic (exact) mass is 272 g/mol. The molecular weight excluding hydrogens is 240 g/mol. The summed E-state index contributed by atoms with van der Waals surface area (Å²) in [5, 5.41) is 0. The second kappa shape index (κ2) is 4.75. The summed E-state index contributed by atoms with van der Waals surface area (Å²) >= 11 is 0. The van der Waals surface area contributed by atoms with Crippen molar-refractivity contribution in [3.05, 3.63) is 22.3 Å². The Hall–Kier alpha value is -0.520. The van der Waals surface area contributed by atoms with Crippen molar-refractivity contribution in [1.29, 1.82) is 0 Å². The van der Waals surface area contributed by atoms with Crippen LogP contribution in [0.5, 0.6) is 0 Å². The molecule has 1 saturated carbocycles. The van der Waals surface area contributed by atoms with Gasteiger partial charge in [-0.2, -0.15) is 0 Å². The molecule has 0 aromatic rings. The van der Waals surface area contributed by atoms with Gasteiger partial charge in [-0.3, -0.25) is 0 Å². The lowest BCUT2D eigenvalue weighted by Gasteiger charge is -2.50. The van der Waals surface area contributed by atoms with Crippen molar-refractivity contribution in [3.63, 3.8) is 0 Å². The third-order valence-electron chi connectivity index (χ3n) is 7.08. The summed E-state index contributed by atoms with van der Waals surface area (Å²) in [6, 6.07) is 0. The molecule has 0 saturated heterocycles. The molecule has 3 aliphatic rings. The van der Waals surface area contributed by atoms with E-state index in [-0.39, 0.29) is 0 Å². The summed E-state index contributed by atoms with van der Waals surface area (Å²) in [6.45, 7) is 12.4. The van der Waals surface area contributed by atoms with Crippen molar-refractivity contribution < 1.29 is 0 Å². The van der Waals surface area contributed by atoms with E-state index in [1.807, 2.05) is 11.1 Å². The van der Waals surface area contributed by atoms with Crippen LogP contribution in [0.1, 0.15) is 86.0 Å². The van der Waals surface area contributed by atoms with Gasteiger partial charge in [0.15, 0.2) is 0 Å². The zero-order chi connectivity index (χ0) is 14.5. The first-order valence-corrected chi connectivity index (χ1v) is 8.73. The maximum Gasteiger partial charge on any atom is -0.0111 e. The summed E-state index contributed by atoms with van der Waals surface area (Å²) in [4.78, 5) is 0. The van der Waals surface area contributed by atoms with Gasteiger partial charge in [0, 0.05) is 0 Å². The van der Waals surface area contributed by atoms with E-state index in [9.17, 15) is 0 Å². The van der Waals surface area contributed by atoms with E-state index in [2.05, 4.69) is 34.6 Å². The molecule has 0 aliphatic heterocycles. The highest BCUT2D eigenvalue weighted by Crippen LogP contribution is 2.57. The molecule has 0 spiro atoms. The van der Waals surface area contributed by atoms with Gasteiger partial charge in [0.1, 0.15) is 0 Å². The molecule has 3 aliphatic carbocycles. The van der Waals surface area contributed by atoms with Crippen LogP contribution in [-0.4, -0.2) is 0 Å². The Bertz CT molecular complexity index is 474. The molecule has 0 aromatic heterocycles. The summed E-state index contributed by atoms with van der Waals surface area (Å²) in [5.74, 6) is 0.879. The molecule has 1 fully saturated rings. The van der Waals surface area contributed by atoms with Crippen LogP contribution in [0.3, 0.4) is 0 Å². The maximum absolute atomic E-state index is 2.56. The molecule has 3 rings (SSSR count). The number of allylic oxidation sites excluding steroid dienone is 4. The van der Waals surface area contributed by atoms with Gasteiger partial charge in [0.2, 0.25) is 0 Å². The molecule has 20 heavy (non-hydrogen) atoms. The number of hydrogen-bond donors (Lipinski definition) is 0. The Morgan fingerprint density at radius 2 is 1.55 bits per heavy atom. The molecule has 0 radical (unpaired) electrons. The first-order valence-electron chi connectivity index (χ1n) is 8.73. The van der Waals surface area contributed by atoms with Crippen LogP contribution >= 0.6 is 0 Å². The van der Waals surface area contributed by atoms with Crippen LogP contribution in [0.15, 0.2) is 22.3 Å². The molecule has 0 unspecified atom stereocenters. The minimum Gasteiger partial charge on any atom is -0.0736 e. The zero-order valence-electron chi connectivity index (χ0n) is 14.2. The molecule has 0 heterocycles. The minimum atomic E-state index is 0.439. The molecule has 0 N–H and O–H groups in total. The van der Waals surface area contributed by atoms with Crippen LogP contribution in [0.2, 0.25) is 0 Å². The van der Waals surface area contributed by atoms with Gasteiger partial charge < -0.3 is 0 Å². The van der Waals surface area contributed by atoms with Gasteiger partial charge in [-0.15, -0.1) is 0 Å². The lowest BCUT2D eigenvalue weighted by molar-refractivity contribution is 0.169. The normalized spacial score (nSPS) is 37.4. The zero-order valence-corrected chi connectivity index (χ0v) is 14.2. The molecule has 0 nitrogen and oxygen atoms in total. The standard InChI is InChI=1S/C20H32/c1-14-7-6-11-20(5)12-10-17-15(2)8-9-16(13-18(14)20)19(17,3)4/h16H,6-13H2,1-5H3/t16-,20-/m0/s1. The van der Waals surface area contributed by atoms with E-state index in [1.165, 1.54) is 51.4 Å². The van der Waals surface area contributed by atoms with Gasteiger partial charge in [-0.1, -0.05) is 43.1 Å². The van der Waals surface area contributed by atoms with Crippen molar-refractivity contribution in [3.8, 4) is 0 Å². The van der Waals surface area contributed by atoms with Gasteiger partial charge in [0.05, 0.1) is 0 Å². The second-order valence-electron chi connectivity index (χ2n) is 8.59. The van der Waals surface area contributed by atoms with E-state index < -0.39 is 0 Å². The van der Waals surface area contributed by atoms with E-state index in [0.29, 0.717) is 10.8 Å². The van der Waals surface area contributed by atoms with Crippen molar-refractivity contribution in [2.75, 3.05) is 0 Å². The Morgan fingerprint density at radius 1 is 0.850 bits per heavy atom. The molecule has 0 amide bonds. The minimum absolute atomic E-state index is 0.439. The predicted molar refractivity (Wildman–Crippen MR) is 87.7 cm³/mol. The number of rotatable bonds is 0. The third kappa shape index (κ3) is 2.11. The van der Waals surface area contributed by atoms with Crippen LogP contribution in [0.4, 0.5) is 0 Å². The molecule has 2 atom stereocenters. The van der Waals surface area contributed by atoms with Crippen LogP contribution in [-0.2, 0) is 0 Å². The summed E-state index contributed by atoms with van der Waals surface area (Å²) in [7, 11) is 0. The lowest BCUT2D eigenvalue weighted by Crippen LogP contribution is -2.37. The molecular formula is C20H32. The Labute approximate surface area is 125 Å². The van der Waals surface area contributed by atoms with Crippen LogP contribution < -0.4 is 0 Å². The molecule has 2 bridgehead atoms. The number of hydrogen-bond acceptors (Lipinski definition) is 0. The SMILES string of the molecule is CC1=C2CC[C@]3(C)CCCC(C)=C3C[C@H](CC1)C2(C)C. The highest BCUT2D eigenvalue weighted by Gasteiger charge is 2.44. The van der Waals surface area contributed by atoms with Gasteiger partial charge in [-0.25, -0.2) is 0 Å². The van der Waals surface area contributed by atoms with E-state index in [0.717, 1.165) is 5.92 Å². The molecule has 0 heteroatoms. The largest absolute Gasteiger partial charge is 0.0736 e. The van der Waals surface area contributed by atoms with E-state index in [4.69, 9.17) is 0 Å². The summed E-state index contributed by atoms with van der Waals surface area (Å²) in [6.07, 6.45) is 11.1. The van der Waals surface area contributed by atoms with Gasteiger partial charge in [-0.05, 0) is 82.0 Å². The average Bonchev–Trinajstić information content (AvgIpc) is 2.35. The third-order valence-corrected chi connectivity index (χ3v) is 7.08. The van der Waals surface area contributed by atoms with Crippen molar-refractivity contribution in [1.82, 2.24) is 0 Å². The first-order chi connectivity index (χ1) is 9.34. The van der Waals surface area contributed by atoms with Crippen molar-refractivity contribution >= 4 is 0 Å². The van der Waals surface area contributed by atoms with Crippen LogP contribution in [0.25, 0.3) is 0 Å². The average molecular weight is 272 g/mol. The fourth-order valence-corrected chi connectivity index (χ4v) is 5.50. The first kappa shape index (κ1) is 14.4. The smallest absolute Gasteiger partial charge is 0.0111 e. The van der Waals surface area contributed by atoms with Gasteiger partial charge >= 0.3 is 0 Å². The van der Waals surface area contributed by atoms with Crippen molar-refractivity contribution in [2.45, 2.75) is 86.0 Å². The van der Waals surface area contributed by atoms with Crippen LogP contribution in [0, 0.1) is 16.7 Å². The van der Waals surface area contributed by atoms with E-state index >= 15 is 0 Å². The Balaban J connectivity index is 2.05. The second-order valence-corrected chi connectivity index (χ2v) is 8.59. The molecule has 112 valence electrons. The maximum atomic E-state index is 2.56. The highest BCUT2D eigenvalue weighted by atomic mass is 14.5. The van der Waals surface area contributed by atoms with Gasteiger partial charge in [0.25, 0.3) is 0 Å². The highest BCUT2D eigenvalue weighted by molar-refractivity contribution is 5.32. The Morgan fingerprint density at radius 3 is 2.30 bits per heavy atom. The topological polar surface area (TPSA) is 0 Å².